The number of aromatic amines is 2. The van der Waals surface area contributed by atoms with Crippen LogP contribution >= 0.6 is 0 Å². The van der Waals surface area contributed by atoms with E-state index in [1.807, 2.05) is 81.1 Å². The lowest BCUT2D eigenvalue weighted by Crippen LogP contribution is -2.45. The molecular formula is C70H82N12O10S2. The first-order valence-electron chi connectivity index (χ1n) is 32.3. The summed E-state index contributed by atoms with van der Waals surface area (Å²) in [5.41, 5.74) is 8.89. The van der Waals surface area contributed by atoms with Crippen molar-refractivity contribution >= 4 is 85.9 Å². The summed E-state index contributed by atoms with van der Waals surface area (Å²) in [6.07, 6.45) is 10.9. The average Bonchev–Trinajstić information content (AvgIpc) is 1.60. The minimum Gasteiger partial charge on any atom is -0.480 e. The van der Waals surface area contributed by atoms with E-state index in [1.165, 1.54) is 10.7 Å². The van der Waals surface area contributed by atoms with E-state index in [2.05, 4.69) is 80.9 Å². The molecule has 5 N–H and O–H groups in total. The van der Waals surface area contributed by atoms with Crippen molar-refractivity contribution < 1.29 is 45.7 Å². The maximum Gasteiger partial charge on any atom is 0.331 e. The number of carbonyl (C=O) groups excluding carboxylic acids is 2. The number of carbonyl (C=O) groups is 3. The molecule has 4 fully saturated rings. The number of aromatic nitrogens is 6. The fourth-order valence-electron chi connectivity index (χ4n) is 14.5. The Bertz CT molecular complexity index is 4280. The van der Waals surface area contributed by atoms with Crippen LogP contribution in [0.5, 0.6) is 11.5 Å². The number of anilines is 4. The molecule has 494 valence electrons. The summed E-state index contributed by atoms with van der Waals surface area (Å²) in [5.74, 6) is 1.91. The molecule has 7 unspecified atom stereocenters. The van der Waals surface area contributed by atoms with Gasteiger partial charge in [0.05, 0.1) is 35.9 Å². The van der Waals surface area contributed by atoms with E-state index < -0.39 is 46.5 Å². The summed E-state index contributed by atoms with van der Waals surface area (Å²) < 4.78 is 59.6. The van der Waals surface area contributed by atoms with Crippen LogP contribution in [0.3, 0.4) is 0 Å². The minimum absolute atomic E-state index is 0.103. The number of aliphatic carboxylic acids is 1. The first-order valence-corrected chi connectivity index (χ1v) is 34.5. The van der Waals surface area contributed by atoms with E-state index in [1.54, 1.807) is 34.9 Å². The predicted molar refractivity (Wildman–Crippen MR) is 365 cm³/mol. The zero-order valence-corrected chi connectivity index (χ0v) is 56.4. The van der Waals surface area contributed by atoms with Crippen LogP contribution in [0.4, 0.5) is 34.1 Å². The van der Waals surface area contributed by atoms with Crippen molar-refractivity contribution in [2.24, 2.45) is 35.5 Å². The predicted octanol–water partition coefficient (Wildman–Crippen LogP) is 14.6. The standard InChI is InChI=1S/C36H42N6O6S.C34H40N6O4S/c1-20-10-11-22(3)30(17-20)48-49(46)40-26-18-25(12-13-28(26)41-14-8-7-9-29(41)35(43)44)33-38-34-31(27(37-6)19-42(34)39-33)36(45)47-32-23(4)15-21(2)16-24(32)5;1-20-9-12-29(22(3)15-20)44-45(42)38-26-18-25(10-11-28(26)39-13-7-8-14-39)32-36-37-33-30(27(35-6)19-40(32)33)34(41)43-31-23(4)16-21(2)17-24(31)5/h10-13,17-19,21,23-24,29,32,40H,7-9,14-16H2,1-5H3,(H,38,39)(H,43,44);9-12,15,18-19,21,23-24,31,37-38H,7-8,13-14,16-17H2,1-5H3. The van der Waals surface area contributed by atoms with Crippen LogP contribution in [0, 0.1) is 76.3 Å². The number of piperidine rings is 1. The Labute approximate surface area is 553 Å². The van der Waals surface area contributed by atoms with Gasteiger partial charge in [-0.2, -0.15) is 13.5 Å². The Balaban J connectivity index is 0.000000192. The normalized spacial score (nSPS) is 22.7. The van der Waals surface area contributed by atoms with Crippen molar-refractivity contribution in [1.82, 2.24) is 29.2 Å². The molecule has 24 heteroatoms. The highest BCUT2D eigenvalue weighted by Gasteiger charge is 2.38. The highest BCUT2D eigenvalue weighted by molar-refractivity contribution is 7.82. The van der Waals surface area contributed by atoms with Crippen LogP contribution in [0.15, 0.2) is 85.2 Å². The number of H-pyrrole nitrogens is 2. The third kappa shape index (κ3) is 14.2. The summed E-state index contributed by atoms with van der Waals surface area (Å²) in [7, 11) is 0. The molecule has 4 aromatic heterocycles. The fourth-order valence-corrected chi connectivity index (χ4v) is 16.0. The van der Waals surface area contributed by atoms with Gasteiger partial charge in [-0.05, 0) is 186 Å². The lowest BCUT2D eigenvalue weighted by Gasteiger charge is -2.37. The van der Waals surface area contributed by atoms with E-state index >= 15 is 0 Å². The Morgan fingerprint density at radius 3 is 1.82 bits per heavy atom. The highest BCUT2D eigenvalue weighted by atomic mass is 32.2. The maximum atomic E-state index is 13.6. The number of ether oxygens (including phenoxy) is 2. The molecule has 6 heterocycles. The van der Waals surface area contributed by atoms with Gasteiger partial charge >= 0.3 is 40.4 Å². The summed E-state index contributed by atoms with van der Waals surface area (Å²) in [6.45, 7) is 38.5. The van der Waals surface area contributed by atoms with Crippen LogP contribution in [-0.4, -0.2) is 98.5 Å². The third-order valence-electron chi connectivity index (χ3n) is 18.8. The van der Waals surface area contributed by atoms with Gasteiger partial charge in [0.2, 0.25) is 11.4 Å². The van der Waals surface area contributed by atoms with Gasteiger partial charge in [0.25, 0.3) is 0 Å². The van der Waals surface area contributed by atoms with Gasteiger partial charge in [0.15, 0.2) is 17.3 Å². The fraction of sp³-hybridized carbons (Fsp3) is 0.443. The number of nitrogens with one attached hydrogen (secondary N) is 4. The molecule has 0 radical (unpaired) electrons. The molecule has 2 aliphatic heterocycles. The number of esters is 2. The highest BCUT2D eigenvalue weighted by Crippen LogP contribution is 2.42. The van der Waals surface area contributed by atoms with Crippen molar-refractivity contribution in [3.05, 3.63) is 141 Å². The van der Waals surface area contributed by atoms with E-state index in [0.717, 1.165) is 92.4 Å². The molecule has 4 aromatic carbocycles. The van der Waals surface area contributed by atoms with Gasteiger partial charge in [0.1, 0.15) is 46.5 Å². The number of fused-ring (bicyclic) bond motifs is 2. The number of benzene rings is 4. The molecule has 2 saturated heterocycles. The van der Waals surface area contributed by atoms with E-state index in [4.69, 9.17) is 36.0 Å². The first-order chi connectivity index (χ1) is 45.0. The zero-order valence-electron chi connectivity index (χ0n) is 54.8. The number of hydrogen-bond donors (Lipinski definition) is 5. The molecule has 22 nitrogen and oxygen atoms in total. The number of hydrogen-bond acceptors (Lipinski definition) is 13. The average molecular weight is 1320 g/mol. The quantitative estimate of drug-likeness (QED) is 0.0420. The van der Waals surface area contributed by atoms with Crippen LogP contribution in [0.1, 0.15) is 142 Å². The van der Waals surface area contributed by atoms with Gasteiger partial charge in [-0.25, -0.2) is 29.1 Å². The van der Waals surface area contributed by atoms with Crippen molar-refractivity contribution in [1.29, 1.82) is 0 Å². The molecule has 12 rings (SSSR count). The van der Waals surface area contributed by atoms with Gasteiger partial charge in [0, 0.05) is 43.2 Å². The van der Waals surface area contributed by atoms with Crippen LogP contribution in [-0.2, 0) is 36.8 Å². The second-order valence-electron chi connectivity index (χ2n) is 26.4. The van der Waals surface area contributed by atoms with Crippen molar-refractivity contribution in [3.63, 3.8) is 0 Å². The van der Waals surface area contributed by atoms with Gasteiger partial charge in [-0.15, -0.1) is 0 Å². The molecular weight excluding hydrogens is 1230 g/mol. The first kappa shape index (κ1) is 66.3. The summed E-state index contributed by atoms with van der Waals surface area (Å²) in [4.78, 5) is 55.4. The smallest absolute Gasteiger partial charge is 0.331 e. The number of nitrogens with zero attached hydrogens (tertiary/aromatic N) is 8. The Morgan fingerprint density at radius 2 is 1.19 bits per heavy atom. The number of aryl methyl sites for hydroxylation is 4. The second-order valence-corrected chi connectivity index (χ2v) is 28.1. The minimum atomic E-state index is -2.03. The number of rotatable bonds is 17. The van der Waals surface area contributed by atoms with Crippen LogP contribution in [0.2, 0.25) is 0 Å². The molecule has 4 aliphatic rings. The third-order valence-corrected chi connectivity index (χ3v) is 20.3. The molecule has 94 heavy (non-hydrogen) atoms. The van der Waals surface area contributed by atoms with E-state index in [-0.39, 0.29) is 64.0 Å². The summed E-state index contributed by atoms with van der Waals surface area (Å²) in [5, 5.41) is 20.7. The number of carboxylic acids is 1. The molecule has 7 atom stereocenters. The molecule has 0 bridgehead atoms. The second kappa shape index (κ2) is 28.2. The van der Waals surface area contributed by atoms with E-state index in [9.17, 15) is 27.9 Å². The Kier molecular flexibility index (Phi) is 19.9. The van der Waals surface area contributed by atoms with Gasteiger partial charge < -0.3 is 32.7 Å². The van der Waals surface area contributed by atoms with Crippen molar-refractivity contribution in [2.75, 3.05) is 38.9 Å². The number of carboxylic acid groups (broad SMARTS) is 1. The topological polar surface area (TPSA) is 248 Å². The lowest BCUT2D eigenvalue weighted by atomic mass is 9.75. The van der Waals surface area contributed by atoms with Gasteiger partial charge in [-0.1, -0.05) is 71.4 Å². The maximum absolute atomic E-state index is 13.6. The van der Waals surface area contributed by atoms with Crippen molar-refractivity contribution in [3.8, 4) is 34.3 Å². The summed E-state index contributed by atoms with van der Waals surface area (Å²) in [6, 6.07) is 21.7. The molecule has 8 aromatic rings. The van der Waals surface area contributed by atoms with Gasteiger partial charge in [-0.3, -0.25) is 28.6 Å². The summed E-state index contributed by atoms with van der Waals surface area (Å²) >= 11 is -3.89. The van der Waals surface area contributed by atoms with Crippen molar-refractivity contribution in [2.45, 2.75) is 145 Å². The molecule has 2 saturated carbocycles. The molecule has 0 spiro atoms. The van der Waals surface area contributed by atoms with Crippen LogP contribution in [0.25, 0.3) is 43.8 Å². The molecule has 2 aliphatic carbocycles. The Hall–Kier alpha value is -9.13. The van der Waals surface area contributed by atoms with E-state index in [0.29, 0.717) is 81.8 Å². The zero-order chi connectivity index (χ0) is 66.8. The SMILES string of the molecule is [C-]#[N+]c1cn2[nH]c(-c3ccc(N4CCCCC4C(=O)O)c(NS(=O)Oc4cc(C)ccc4C)c3)nc2c1C(=O)OC1C(C)CC(C)CC1C.[C-]#[N+]c1cn2c(-c3ccc(N4CCCC4)c(NS(=O)Oc4ccc(C)cc4C)c3)n[nH]c2c1C(=O)OC1C(C)CC(C)CC1C. The lowest BCUT2D eigenvalue weighted by molar-refractivity contribution is -0.139. The monoisotopic (exact) mass is 1310 g/mol. The van der Waals surface area contributed by atoms with Crippen LogP contribution < -0.4 is 27.6 Å². The largest absolute Gasteiger partial charge is 0.480 e. The Morgan fingerprint density at radius 1 is 0.638 bits per heavy atom. The molecule has 0 amide bonds.